The quantitative estimate of drug-likeness (QED) is 0.840. The van der Waals surface area contributed by atoms with E-state index in [1.54, 1.807) is 26.1 Å². The van der Waals surface area contributed by atoms with Crippen LogP contribution in [0.15, 0.2) is 24.3 Å². The van der Waals surface area contributed by atoms with Crippen molar-refractivity contribution in [1.29, 1.82) is 0 Å². The van der Waals surface area contributed by atoms with Crippen LogP contribution in [0.5, 0.6) is 0 Å². The molecule has 0 aliphatic rings. The molecule has 1 rings (SSSR count). The Labute approximate surface area is 117 Å². The topological polar surface area (TPSA) is 69.6 Å². The molecular formula is C14H19FN2O3. The number of benzene rings is 1. The third-order valence-electron chi connectivity index (χ3n) is 2.90. The van der Waals surface area contributed by atoms with Crippen molar-refractivity contribution >= 4 is 12.0 Å². The number of rotatable bonds is 6. The molecule has 20 heavy (non-hydrogen) atoms. The number of carboxylic acid groups (broad SMARTS) is 1. The number of amides is 2. The molecule has 0 fully saturated rings. The average Bonchev–Trinajstić information content (AvgIpc) is 2.37. The second-order valence-corrected chi connectivity index (χ2v) is 4.64. The molecular weight excluding hydrogens is 263 g/mol. The van der Waals surface area contributed by atoms with Gasteiger partial charge in [-0.1, -0.05) is 19.1 Å². The molecule has 1 atom stereocenters. The van der Waals surface area contributed by atoms with Crippen LogP contribution in [0.1, 0.15) is 25.3 Å². The van der Waals surface area contributed by atoms with Crippen molar-refractivity contribution in [2.75, 3.05) is 7.05 Å². The lowest BCUT2D eigenvalue weighted by Gasteiger charge is -2.22. The first-order chi connectivity index (χ1) is 9.42. The van der Waals surface area contributed by atoms with Gasteiger partial charge in [0, 0.05) is 19.6 Å². The molecule has 5 nitrogen and oxygen atoms in total. The first kappa shape index (κ1) is 15.9. The summed E-state index contributed by atoms with van der Waals surface area (Å²) in [7, 11) is 1.58. The summed E-state index contributed by atoms with van der Waals surface area (Å²) < 4.78 is 13.0. The normalized spacial score (nSPS) is 11.8. The minimum atomic E-state index is -0.954. The zero-order chi connectivity index (χ0) is 15.1. The number of nitrogens with zero attached hydrogens (tertiary/aromatic N) is 1. The predicted octanol–water partition coefficient (Wildman–Crippen LogP) is 2.22. The molecule has 0 spiro atoms. The molecule has 0 aromatic heterocycles. The average molecular weight is 282 g/mol. The highest BCUT2D eigenvalue weighted by Gasteiger charge is 2.16. The summed E-state index contributed by atoms with van der Waals surface area (Å²) in [6.07, 6.45) is 0.419. The van der Waals surface area contributed by atoms with Gasteiger partial charge in [-0.3, -0.25) is 4.79 Å². The van der Waals surface area contributed by atoms with E-state index in [1.807, 2.05) is 0 Å². The van der Waals surface area contributed by atoms with Crippen LogP contribution in [-0.4, -0.2) is 35.1 Å². The van der Waals surface area contributed by atoms with Crippen LogP contribution in [0.25, 0.3) is 0 Å². The fourth-order valence-corrected chi connectivity index (χ4v) is 1.77. The Balaban J connectivity index is 2.56. The molecule has 0 saturated heterocycles. The number of carbonyl (C=O) groups excluding carboxylic acids is 1. The lowest BCUT2D eigenvalue weighted by molar-refractivity contribution is -0.137. The van der Waals surface area contributed by atoms with E-state index in [4.69, 9.17) is 5.11 Å². The Kier molecular flexibility index (Phi) is 5.96. The summed E-state index contributed by atoms with van der Waals surface area (Å²) >= 11 is 0. The third kappa shape index (κ3) is 5.26. The van der Waals surface area contributed by atoms with Gasteiger partial charge >= 0.3 is 12.0 Å². The Hall–Kier alpha value is -2.11. The van der Waals surface area contributed by atoms with Gasteiger partial charge in [-0.2, -0.15) is 0 Å². The van der Waals surface area contributed by atoms with Gasteiger partial charge in [-0.05, 0) is 24.1 Å². The van der Waals surface area contributed by atoms with Gasteiger partial charge in [0.2, 0.25) is 0 Å². The van der Waals surface area contributed by atoms with Gasteiger partial charge in [0.05, 0.1) is 6.42 Å². The number of aliphatic carboxylic acids is 1. The van der Waals surface area contributed by atoms with Crippen molar-refractivity contribution in [3.8, 4) is 0 Å². The Morgan fingerprint density at radius 2 is 2.15 bits per heavy atom. The van der Waals surface area contributed by atoms with Gasteiger partial charge in [-0.25, -0.2) is 9.18 Å². The number of carbonyl (C=O) groups is 2. The van der Waals surface area contributed by atoms with Crippen molar-refractivity contribution in [3.05, 3.63) is 35.6 Å². The summed E-state index contributed by atoms with van der Waals surface area (Å²) in [5, 5.41) is 11.4. The van der Waals surface area contributed by atoms with Crippen molar-refractivity contribution in [2.24, 2.45) is 0 Å². The molecule has 0 aliphatic carbocycles. The third-order valence-corrected chi connectivity index (χ3v) is 2.90. The largest absolute Gasteiger partial charge is 0.481 e. The van der Waals surface area contributed by atoms with Crippen molar-refractivity contribution in [3.63, 3.8) is 0 Å². The van der Waals surface area contributed by atoms with E-state index in [0.717, 1.165) is 0 Å². The smallest absolute Gasteiger partial charge is 0.317 e. The van der Waals surface area contributed by atoms with Crippen LogP contribution in [0.3, 0.4) is 0 Å². The maximum Gasteiger partial charge on any atom is 0.317 e. The second kappa shape index (κ2) is 7.47. The van der Waals surface area contributed by atoms with Crippen molar-refractivity contribution < 1.29 is 19.1 Å². The number of halogens is 1. The van der Waals surface area contributed by atoms with Crippen LogP contribution in [0.2, 0.25) is 0 Å². The fourth-order valence-electron chi connectivity index (χ4n) is 1.77. The molecule has 1 unspecified atom stereocenters. The van der Waals surface area contributed by atoms with Crippen molar-refractivity contribution in [1.82, 2.24) is 10.2 Å². The molecule has 6 heteroatoms. The van der Waals surface area contributed by atoms with Gasteiger partial charge in [0.25, 0.3) is 0 Å². The zero-order valence-corrected chi connectivity index (χ0v) is 11.6. The van der Waals surface area contributed by atoms with Gasteiger partial charge < -0.3 is 15.3 Å². The first-order valence-electron chi connectivity index (χ1n) is 6.40. The summed E-state index contributed by atoms with van der Waals surface area (Å²) in [5.74, 6) is -1.31. The number of hydrogen-bond acceptors (Lipinski definition) is 2. The van der Waals surface area contributed by atoms with E-state index in [-0.39, 0.29) is 24.8 Å². The van der Waals surface area contributed by atoms with Crippen LogP contribution < -0.4 is 5.32 Å². The zero-order valence-electron chi connectivity index (χ0n) is 11.6. The summed E-state index contributed by atoms with van der Waals surface area (Å²) in [6.45, 7) is 2.06. The van der Waals surface area contributed by atoms with Gasteiger partial charge in [-0.15, -0.1) is 0 Å². The van der Waals surface area contributed by atoms with Gasteiger partial charge in [0.15, 0.2) is 0 Å². The van der Waals surface area contributed by atoms with Crippen LogP contribution in [-0.2, 0) is 11.3 Å². The molecule has 0 saturated carbocycles. The number of urea groups is 1. The summed E-state index contributed by atoms with van der Waals surface area (Å²) in [4.78, 5) is 23.9. The van der Waals surface area contributed by atoms with E-state index in [9.17, 15) is 14.0 Å². The second-order valence-electron chi connectivity index (χ2n) is 4.64. The molecule has 1 aromatic carbocycles. The molecule has 0 bridgehead atoms. The minimum Gasteiger partial charge on any atom is -0.481 e. The van der Waals surface area contributed by atoms with E-state index >= 15 is 0 Å². The monoisotopic (exact) mass is 282 g/mol. The lowest BCUT2D eigenvalue weighted by Crippen LogP contribution is -2.43. The Bertz CT molecular complexity index is 479. The van der Waals surface area contributed by atoms with Crippen LogP contribution >= 0.6 is 0 Å². The maximum absolute atomic E-state index is 13.0. The highest BCUT2D eigenvalue weighted by molar-refractivity contribution is 5.75. The lowest BCUT2D eigenvalue weighted by atomic mass is 10.1. The predicted molar refractivity (Wildman–Crippen MR) is 72.7 cm³/mol. The minimum absolute atomic E-state index is 0.115. The van der Waals surface area contributed by atoms with E-state index in [2.05, 4.69) is 5.32 Å². The molecule has 0 heterocycles. The Morgan fingerprint density at radius 3 is 2.70 bits per heavy atom. The summed E-state index contributed by atoms with van der Waals surface area (Å²) in [6, 6.07) is 5.22. The van der Waals surface area contributed by atoms with Crippen molar-refractivity contribution in [2.45, 2.75) is 32.4 Å². The molecule has 2 amide bonds. The highest BCUT2D eigenvalue weighted by atomic mass is 19.1. The highest BCUT2D eigenvalue weighted by Crippen LogP contribution is 2.07. The maximum atomic E-state index is 13.0. The van der Waals surface area contributed by atoms with Crippen LogP contribution in [0, 0.1) is 5.82 Å². The number of nitrogens with one attached hydrogen (secondary N) is 1. The standard InChI is InChI=1S/C14H19FN2O3/c1-3-12(8-13(18)19)16-14(20)17(2)9-10-5-4-6-11(15)7-10/h4-7,12H,3,8-9H2,1-2H3,(H,16,20)(H,18,19). The Morgan fingerprint density at radius 1 is 1.45 bits per heavy atom. The molecule has 2 N–H and O–H groups in total. The van der Waals surface area contributed by atoms with E-state index in [0.29, 0.717) is 12.0 Å². The van der Waals surface area contributed by atoms with E-state index < -0.39 is 12.0 Å². The SMILES string of the molecule is CCC(CC(=O)O)NC(=O)N(C)Cc1cccc(F)c1. The van der Waals surface area contributed by atoms with Gasteiger partial charge in [0.1, 0.15) is 5.82 Å². The molecule has 110 valence electrons. The summed E-state index contributed by atoms with van der Waals surface area (Å²) in [5.41, 5.74) is 0.675. The van der Waals surface area contributed by atoms with Crippen LogP contribution in [0.4, 0.5) is 9.18 Å². The molecule has 0 aliphatic heterocycles. The van der Waals surface area contributed by atoms with E-state index in [1.165, 1.54) is 17.0 Å². The number of carboxylic acids is 1. The first-order valence-corrected chi connectivity index (χ1v) is 6.40. The molecule has 1 aromatic rings. The number of hydrogen-bond donors (Lipinski definition) is 2. The fraction of sp³-hybridized carbons (Fsp3) is 0.429. The molecule has 0 radical (unpaired) electrons.